The number of aromatic nitrogens is 9. The molecule has 0 aliphatic carbocycles. The summed E-state index contributed by atoms with van der Waals surface area (Å²) in [6, 6.07) is 56.3. The SMILES string of the molecule is c1ccc2c(-c3nc(-c4cc(-c5c6cccnc6cc6cccnc56)cc(-c5c6cccnc6cc6cccnc56)c4)nc(-c4c5ccccc5cc5ncccc45)n3)c3cccnc3cc2c1. The second-order valence-electron chi connectivity index (χ2n) is 17.0. The molecule has 68 heavy (non-hydrogen) atoms. The second kappa shape index (κ2) is 15.0. The van der Waals surface area contributed by atoms with Crippen LogP contribution in [0.3, 0.4) is 0 Å². The Labute approximate surface area is 387 Å². The van der Waals surface area contributed by atoms with Crippen LogP contribution in [0.5, 0.6) is 0 Å². The van der Waals surface area contributed by atoms with E-state index >= 15 is 0 Å². The lowest BCUT2D eigenvalue weighted by Crippen LogP contribution is -2.03. The van der Waals surface area contributed by atoms with Crippen molar-refractivity contribution in [3.05, 3.63) is 201 Å². The maximum Gasteiger partial charge on any atom is 0.165 e. The van der Waals surface area contributed by atoms with Crippen molar-refractivity contribution in [2.24, 2.45) is 0 Å². The van der Waals surface area contributed by atoms with Gasteiger partial charge in [-0.25, -0.2) is 15.0 Å². The summed E-state index contributed by atoms with van der Waals surface area (Å²) < 4.78 is 0. The van der Waals surface area contributed by atoms with Crippen LogP contribution in [-0.4, -0.2) is 44.9 Å². The van der Waals surface area contributed by atoms with Crippen molar-refractivity contribution in [1.82, 2.24) is 44.9 Å². The molecule has 0 radical (unpaired) electrons. The highest BCUT2D eigenvalue weighted by Crippen LogP contribution is 2.44. The summed E-state index contributed by atoms with van der Waals surface area (Å²) in [5, 5.41) is 9.90. The van der Waals surface area contributed by atoms with E-state index in [2.05, 4.69) is 127 Å². The molecule has 0 unspecified atom stereocenters. The van der Waals surface area contributed by atoms with Gasteiger partial charge in [0, 0.05) is 97.3 Å². The normalized spacial score (nSPS) is 11.8. The van der Waals surface area contributed by atoms with Gasteiger partial charge in [0.2, 0.25) is 0 Å². The maximum absolute atomic E-state index is 5.56. The number of pyridine rings is 6. The molecule has 0 saturated carbocycles. The van der Waals surface area contributed by atoms with Crippen molar-refractivity contribution in [1.29, 1.82) is 0 Å². The molecule has 7 heterocycles. The lowest BCUT2D eigenvalue weighted by molar-refractivity contribution is 1.08. The quantitative estimate of drug-likeness (QED) is 0.156. The van der Waals surface area contributed by atoms with Gasteiger partial charge in [0.05, 0.1) is 33.1 Å². The zero-order valence-corrected chi connectivity index (χ0v) is 36.1. The topological polar surface area (TPSA) is 116 Å². The minimum absolute atomic E-state index is 0.495. The first-order chi connectivity index (χ1) is 33.7. The van der Waals surface area contributed by atoms with Crippen LogP contribution in [0.2, 0.25) is 0 Å². The molecule has 0 spiro atoms. The average Bonchev–Trinajstić information content (AvgIpc) is 3.40. The summed E-state index contributed by atoms with van der Waals surface area (Å²) in [5.74, 6) is 1.55. The minimum Gasteiger partial charge on any atom is -0.256 e. The third-order valence-corrected chi connectivity index (χ3v) is 13.1. The molecule has 9 heteroatoms. The first kappa shape index (κ1) is 37.9. The van der Waals surface area contributed by atoms with Crippen molar-refractivity contribution >= 4 is 87.0 Å². The van der Waals surface area contributed by atoms with Gasteiger partial charge >= 0.3 is 0 Å². The van der Waals surface area contributed by atoms with Crippen LogP contribution in [0, 0.1) is 0 Å². The summed E-state index contributed by atoms with van der Waals surface area (Å²) in [6.07, 6.45) is 11.0. The van der Waals surface area contributed by atoms with Crippen molar-refractivity contribution in [3.63, 3.8) is 0 Å². The van der Waals surface area contributed by atoms with Gasteiger partial charge < -0.3 is 0 Å². The molecule has 0 aliphatic heterocycles. The maximum atomic E-state index is 5.56. The molecular weight excluding hydrogens is 835 g/mol. The molecule has 7 aromatic carbocycles. The van der Waals surface area contributed by atoms with Crippen LogP contribution in [-0.2, 0) is 0 Å². The van der Waals surface area contributed by atoms with Gasteiger partial charge in [-0.15, -0.1) is 0 Å². The number of benzene rings is 7. The standard InChI is InChI=1S/C59H33N9/c1-3-15-41-34(11-1)30-47-45(19-9-23-60-47)53(41)58-66-57(67-59(68-58)54-42-16-4-2-12-35(42)31-48-46(54)20-10-24-61-48)40-28-38(51-43-17-7-21-62-49(43)32-36-13-5-25-64-55(36)51)27-39(29-40)52-44-18-8-22-63-50(44)33-37-14-6-26-65-56(37)52/h1-33H. The third kappa shape index (κ3) is 5.99. The highest BCUT2D eigenvalue weighted by molar-refractivity contribution is 6.15. The van der Waals surface area contributed by atoms with Gasteiger partial charge in [-0.05, 0) is 112 Å². The first-order valence-electron chi connectivity index (χ1n) is 22.4. The molecular formula is C59H33N9. The fraction of sp³-hybridized carbons (Fsp3) is 0. The van der Waals surface area contributed by atoms with Gasteiger partial charge in [0.25, 0.3) is 0 Å². The van der Waals surface area contributed by atoms with E-state index in [1.54, 1.807) is 0 Å². The minimum atomic E-state index is 0.495. The van der Waals surface area contributed by atoms with E-state index in [0.29, 0.717) is 17.5 Å². The molecule has 0 bridgehead atoms. The van der Waals surface area contributed by atoms with E-state index in [4.69, 9.17) is 44.9 Å². The van der Waals surface area contributed by atoms with E-state index in [9.17, 15) is 0 Å². The van der Waals surface area contributed by atoms with Gasteiger partial charge in [0.1, 0.15) is 0 Å². The first-order valence-corrected chi connectivity index (χ1v) is 22.4. The Bertz CT molecular complexity index is 3640. The van der Waals surface area contributed by atoms with Gasteiger partial charge in [-0.3, -0.25) is 29.9 Å². The molecule has 9 nitrogen and oxygen atoms in total. The van der Waals surface area contributed by atoms with Crippen molar-refractivity contribution in [2.45, 2.75) is 0 Å². The van der Waals surface area contributed by atoms with E-state index < -0.39 is 0 Å². The van der Waals surface area contributed by atoms with Crippen molar-refractivity contribution in [2.75, 3.05) is 0 Å². The summed E-state index contributed by atoms with van der Waals surface area (Å²) in [4.78, 5) is 46.1. The lowest BCUT2D eigenvalue weighted by Gasteiger charge is -2.17. The molecule has 0 N–H and O–H groups in total. The van der Waals surface area contributed by atoms with Crippen LogP contribution in [0.1, 0.15) is 0 Å². The van der Waals surface area contributed by atoms with E-state index in [1.807, 2.05) is 73.6 Å². The molecule has 0 aliphatic rings. The number of hydrogen-bond donors (Lipinski definition) is 0. The largest absolute Gasteiger partial charge is 0.256 e. The lowest BCUT2D eigenvalue weighted by atomic mass is 9.90. The Balaban J connectivity index is 1.15. The number of hydrogen-bond acceptors (Lipinski definition) is 9. The van der Waals surface area contributed by atoms with Gasteiger partial charge in [0.15, 0.2) is 17.5 Å². The number of fused-ring (bicyclic) bond motifs is 8. The van der Waals surface area contributed by atoms with Crippen LogP contribution in [0.15, 0.2) is 201 Å². The Hall–Kier alpha value is -9.47. The third-order valence-electron chi connectivity index (χ3n) is 13.1. The fourth-order valence-electron chi connectivity index (χ4n) is 10.1. The van der Waals surface area contributed by atoms with E-state index in [1.165, 1.54) is 0 Å². The molecule has 0 amide bonds. The summed E-state index contributed by atoms with van der Waals surface area (Å²) in [5.41, 5.74) is 11.4. The average molecular weight is 868 g/mol. The summed E-state index contributed by atoms with van der Waals surface area (Å²) in [6.45, 7) is 0. The second-order valence-corrected chi connectivity index (χ2v) is 17.0. The van der Waals surface area contributed by atoms with Gasteiger partial charge in [-0.2, -0.15) is 0 Å². The van der Waals surface area contributed by atoms with Crippen LogP contribution in [0.25, 0.3) is 143 Å². The zero-order chi connectivity index (χ0) is 44.7. The monoisotopic (exact) mass is 867 g/mol. The Morgan fingerprint density at radius 1 is 0.235 bits per heavy atom. The van der Waals surface area contributed by atoms with Crippen molar-refractivity contribution < 1.29 is 0 Å². The number of nitrogens with zero attached hydrogens (tertiary/aromatic N) is 9. The Morgan fingerprint density at radius 2 is 0.559 bits per heavy atom. The smallest absolute Gasteiger partial charge is 0.165 e. The summed E-state index contributed by atoms with van der Waals surface area (Å²) >= 11 is 0. The predicted molar refractivity (Wildman–Crippen MR) is 274 cm³/mol. The molecule has 14 rings (SSSR count). The molecule has 314 valence electrons. The molecule has 0 fully saturated rings. The highest BCUT2D eigenvalue weighted by Gasteiger charge is 2.23. The Kier molecular flexibility index (Phi) is 8.38. The van der Waals surface area contributed by atoms with Crippen LogP contribution >= 0.6 is 0 Å². The fourth-order valence-corrected chi connectivity index (χ4v) is 10.1. The van der Waals surface area contributed by atoms with E-state index in [-0.39, 0.29) is 0 Å². The predicted octanol–water partition coefficient (Wildman–Crippen LogP) is 13.8. The van der Waals surface area contributed by atoms with Gasteiger partial charge in [-0.1, -0.05) is 84.9 Å². The molecule has 7 aromatic heterocycles. The zero-order valence-electron chi connectivity index (χ0n) is 36.1. The van der Waals surface area contributed by atoms with E-state index in [0.717, 1.165) is 126 Å². The van der Waals surface area contributed by atoms with Crippen molar-refractivity contribution in [3.8, 4) is 56.4 Å². The molecule has 0 saturated heterocycles. The number of rotatable bonds is 5. The Morgan fingerprint density at radius 3 is 1.01 bits per heavy atom. The molecule has 0 atom stereocenters. The highest BCUT2D eigenvalue weighted by atomic mass is 15.0. The van der Waals surface area contributed by atoms with Crippen LogP contribution < -0.4 is 0 Å². The summed E-state index contributed by atoms with van der Waals surface area (Å²) in [7, 11) is 0. The van der Waals surface area contributed by atoms with Crippen LogP contribution in [0.4, 0.5) is 0 Å². The molecule has 14 aromatic rings.